The van der Waals surface area contributed by atoms with Gasteiger partial charge in [-0.15, -0.1) is 11.6 Å². The molecule has 0 spiro atoms. The molecule has 178 valence electrons. The first-order valence-corrected chi connectivity index (χ1v) is 11.7. The molecule has 0 aliphatic carbocycles. The van der Waals surface area contributed by atoms with Gasteiger partial charge in [-0.1, -0.05) is 54.1 Å². The van der Waals surface area contributed by atoms with Crippen molar-refractivity contribution >= 4 is 40.5 Å². The van der Waals surface area contributed by atoms with Crippen LogP contribution in [0.25, 0.3) is 0 Å². The lowest BCUT2D eigenvalue weighted by atomic mass is 10.0. The quantitative estimate of drug-likeness (QED) is 0.182. The predicted molar refractivity (Wildman–Crippen MR) is 135 cm³/mol. The minimum Gasteiger partial charge on any atom is -0.367 e. The van der Waals surface area contributed by atoms with E-state index in [0.717, 1.165) is 11.1 Å². The molecule has 0 aromatic heterocycles. The smallest absolute Gasteiger partial charge is 0.292 e. The van der Waals surface area contributed by atoms with Crippen LogP contribution >= 0.6 is 23.2 Å². The van der Waals surface area contributed by atoms with Gasteiger partial charge >= 0.3 is 0 Å². The molecule has 0 aliphatic rings. The summed E-state index contributed by atoms with van der Waals surface area (Å²) in [6.45, 7) is 4.47. The van der Waals surface area contributed by atoms with E-state index in [1.165, 1.54) is 23.3 Å². The Morgan fingerprint density at radius 2 is 1.76 bits per heavy atom. The van der Waals surface area contributed by atoms with E-state index in [0.29, 0.717) is 18.1 Å². The summed E-state index contributed by atoms with van der Waals surface area (Å²) in [4.78, 5) is 23.1. The molecule has 2 unspecified atom stereocenters. The number of halogens is 2. The Bertz CT molecular complexity index is 1150. The van der Waals surface area contributed by atoms with Crippen molar-refractivity contribution in [1.82, 2.24) is 0 Å². The topological polar surface area (TPSA) is 81.5 Å². The highest BCUT2D eigenvalue weighted by molar-refractivity contribution is 6.30. The molecule has 1 amide bonds. The Labute approximate surface area is 209 Å². The van der Waals surface area contributed by atoms with Gasteiger partial charge in [0.1, 0.15) is 5.69 Å². The Kier molecular flexibility index (Phi) is 9.05. The number of anilines is 1. The SMILES string of the molecule is Cc1ccc(COC(c2ccc(Cl)cc2)C(Cl)CCC(=O)Nc2ccccc2[N+](=O)[O-])cc1C. The highest BCUT2D eigenvalue weighted by atomic mass is 35.5. The van der Waals surface area contributed by atoms with Gasteiger partial charge in [-0.05, 0) is 60.7 Å². The van der Waals surface area contributed by atoms with E-state index in [9.17, 15) is 14.9 Å². The summed E-state index contributed by atoms with van der Waals surface area (Å²) in [5.41, 5.74) is 4.27. The van der Waals surface area contributed by atoms with Crippen LogP contribution in [0.5, 0.6) is 0 Å². The number of nitro benzene ring substituents is 1. The van der Waals surface area contributed by atoms with Crippen molar-refractivity contribution in [2.24, 2.45) is 0 Å². The number of rotatable bonds is 10. The van der Waals surface area contributed by atoms with Crippen LogP contribution in [0, 0.1) is 24.0 Å². The van der Waals surface area contributed by atoms with Gasteiger partial charge in [0.25, 0.3) is 5.69 Å². The molecule has 3 aromatic carbocycles. The van der Waals surface area contributed by atoms with Gasteiger partial charge in [0, 0.05) is 17.5 Å². The van der Waals surface area contributed by atoms with Crippen molar-refractivity contribution in [3.05, 3.63) is 104 Å². The van der Waals surface area contributed by atoms with Gasteiger partial charge in [0.05, 0.1) is 23.0 Å². The first-order valence-electron chi connectivity index (χ1n) is 10.8. The lowest BCUT2D eigenvalue weighted by Crippen LogP contribution is -2.20. The summed E-state index contributed by atoms with van der Waals surface area (Å²) in [5, 5.41) is 13.9. The number of ether oxygens (including phenoxy) is 1. The number of benzene rings is 3. The van der Waals surface area contributed by atoms with Gasteiger partial charge in [0.2, 0.25) is 5.91 Å². The third-order valence-electron chi connectivity index (χ3n) is 5.55. The number of carbonyl (C=O) groups is 1. The number of nitrogens with zero attached hydrogens (tertiary/aromatic N) is 1. The van der Waals surface area contributed by atoms with Gasteiger partial charge in [-0.3, -0.25) is 14.9 Å². The molecule has 6 nitrogen and oxygen atoms in total. The maximum Gasteiger partial charge on any atom is 0.292 e. The number of nitro groups is 1. The third-order valence-corrected chi connectivity index (χ3v) is 6.25. The maximum atomic E-state index is 12.5. The van der Waals surface area contributed by atoms with Gasteiger partial charge in [0.15, 0.2) is 0 Å². The zero-order chi connectivity index (χ0) is 24.7. The minimum atomic E-state index is -0.531. The number of para-hydroxylation sites is 2. The van der Waals surface area contributed by atoms with Gasteiger partial charge < -0.3 is 10.1 Å². The van der Waals surface area contributed by atoms with Crippen molar-refractivity contribution in [2.75, 3.05) is 5.32 Å². The first kappa shape index (κ1) is 25.7. The summed E-state index contributed by atoms with van der Waals surface area (Å²) in [7, 11) is 0. The summed E-state index contributed by atoms with van der Waals surface area (Å²) in [6, 6.07) is 19.4. The fourth-order valence-electron chi connectivity index (χ4n) is 3.51. The first-order chi connectivity index (χ1) is 16.2. The van der Waals surface area contributed by atoms with E-state index in [-0.39, 0.29) is 23.7 Å². The van der Waals surface area contributed by atoms with E-state index in [1.807, 2.05) is 18.2 Å². The number of nitrogens with one attached hydrogen (secondary N) is 1. The van der Waals surface area contributed by atoms with Crippen LogP contribution in [-0.2, 0) is 16.1 Å². The maximum absolute atomic E-state index is 12.5. The number of aryl methyl sites for hydroxylation is 2. The monoisotopic (exact) mass is 500 g/mol. The standard InChI is InChI=1S/C26H26Cl2N2O4/c1-17-7-8-19(15-18(17)2)16-34-26(20-9-11-21(27)12-10-20)22(28)13-14-25(31)29-23-5-3-4-6-24(23)30(32)33/h3-12,15,22,26H,13-14,16H2,1-2H3,(H,29,31). The molecule has 0 bridgehead atoms. The normalized spacial score (nSPS) is 12.7. The molecule has 2 atom stereocenters. The van der Waals surface area contributed by atoms with Crippen LogP contribution in [-0.4, -0.2) is 16.2 Å². The Hall–Kier alpha value is -2.93. The van der Waals surface area contributed by atoms with Gasteiger partial charge in [-0.2, -0.15) is 0 Å². The molecule has 34 heavy (non-hydrogen) atoms. The number of amides is 1. The zero-order valence-corrected chi connectivity index (χ0v) is 20.5. The lowest BCUT2D eigenvalue weighted by Gasteiger charge is -2.24. The van der Waals surface area contributed by atoms with Crippen LogP contribution in [0.15, 0.2) is 66.7 Å². The van der Waals surface area contributed by atoms with Crippen molar-refractivity contribution in [1.29, 1.82) is 0 Å². The predicted octanol–water partition coefficient (Wildman–Crippen LogP) is 7.15. The summed E-state index contributed by atoms with van der Waals surface area (Å²) >= 11 is 12.8. The lowest BCUT2D eigenvalue weighted by molar-refractivity contribution is -0.383. The molecular weight excluding hydrogens is 475 g/mol. The van der Waals surface area contributed by atoms with Crippen LogP contribution < -0.4 is 5.32 Å². The molecule has 3 rings (SSSR count). The molecule has 3 aromatic rings. The molecule has 0 heterocycles. The summed E-state index contributed by atoms with van der Waals surface area (Å²) in [5.74, 6) is -0.357. The molecule has 0 fully saturated rings. The Morgan fingerprint density at radius 1 is 1.06 bits per heavy atom. The summed E-state index contributed by atoms with van der Waals surface area (Å²) in [6.07, 6.45) is -0.0784. The van der Waals surface area contributed by atoms with Gasteiger partial charge in [-0.25, -0.2) is 0 Å². The number of alkyl halides is 1. The molecular formula is C26H26Cl2N2O4. The van der Waals surface area contributed by atoms with E-state index >= 15 is 0 Å². The van der Waals surface area contributed by atoms with Crippen molar-refractivity contribution in [3.8, 4) is 0 Å². The molecule has 1 N–H and O–H groups in total. The van der Waals surface area contributed by atoms with E-state index in [1.54, 1.807) is 24.3 Å². The van der Waals surface area contributed by atoms with E-state index in [4.69, 9.17) is 27.9 Å². The van der Waals surface area contributed by atoms with Crippen molar-refractivity contribution in [3.63, 3.8) is 0 Å². The molecule has 8 heteroatoms. The molecule has 0 saturated carbocycles. The molecule has 0 saturated heterocycles. The number of hydrogen-bond donors (Lipinski definition) is 1. The third kappa shape index (κ3) is 7.03. The number of carbonyl (C=O) groups excluding carboxylic acids is 1. The molecule has 0 radical (unpaired) electrons. The average Bonchev–Trinajstić information content (AvgIpc) is 2.81. The Morgan fingerprint density at radius 3 is 2.44 bits per heavy atom. The largest absolute Gasteiger partial charge is 0.367 e. The van der Waals surface area contributed by atoms with E-state index in [2.05, 4.69) is 31.3 Å². The fourth-order valence-corrected chi connectivity index (χ4v) is 3.97. The second kappa shape index (κ2) is 12.0. The van der Waals surface area contributed by atoms with Crippen molar-refractivity contribution in [2.45, 2.75) is 44.8 Å². The highest BCUT2D eigenvalue weighted by Gasteiger charge is 2.24. The highest BCUT2D eigenvalue weighted by Crippen LogP contribution is 2.31. The number of hydrogen-bond acceptors (Lipinski definition) is 4. The van der Waals surface area contributed by atoms with E-state index < -0.39 is 16.4 Å². The minimum absolute atomic E-state index is 0.0807. The molecule has 0 aliphatic heterocycles. The Balaban J connectivity index is 1.67. The van der Waals surface area contributed by atoms with Crippen LogP contribution in [0.2, 0.25) is 5.02 Å². The average molecular weight is 501 g/mol. The second-order valence-electron chi connectivity index (χ2n) is 8.08. The summed E-state index contributed by atoms with van der Waals surface area (Å²) < 4.78 is 6.22. The fraction of sp³-hybridized carbons (Fsp3) is 0.269. The second-order valence-corrected chi connectivity index (χ2v) is 9.08. The van der Waals surface area contributed by atoms with Crippen LogP contribution in [0.1, 0.15) is 41.2 Å². The van der Waals surface area contributed by atoms with Crippen LogP contribution in [0.3, 0.4) is 0 Å². The van der Waals surface area contributed by atoms with Crippen LogP contribution in [0.4, 0.5) is 11.4 Å². The van der Waals surface area contributed by atoms with Crippen molar-refractivity contribution < 1.29 is 14.5 Å². The zero-order valence-electron chi connectivity index (χ0n) is 19.0.